The van der Waals surface area contributed by atoms with Gasteiger partial charge in [-0.25, -0.2) is 4.79 Å². The zero-order valence-electron chi connectivity index (χ0n) is 16.3. The van der Waals surface area contributed by atoms with Crippen molar-refractivity contribution in [1.82, 2.24) is 5.32 Å². The largest absolute Gasteiger partial charge is 0.460 e. The van der Waals surface area contributed by atoms with Crippen LogP contribution < -0.4 is 5.32 Å². The highest BCUT2D eigenvalue weighted by atomic mass is 35.5. The molecule has 0 heterocycles. The Balaban J connectivity index is 2.68. The molecule has 0 aliphatic heterocycles. The number of nitrogens with one attached hydrogen (secondary N) is 1. The van der Waals surface area contributed by atoms with E-state index in [2.05, 4.69) is 11.9 Å². The summed E-state index contributed by atoms with van der Waals surface area (Å²) in [4.78, 5) is 36.5. The van der Waals surface area contributed by atoms with Gasteiger partial charge in [-0.2, -0.15) is 0 Å². The second-order valence-electron chi connectivity index (χ2n) is 6.93. The van der Waals surface area contributed by atoms with Crippen LogP contribution in [0.5, 0.6) is 0 Å². The molecule has 28 heavy (non-hydrogen) atoms. The smallest absolute Gasteiger partial charge is 0.408 e. The minimum absolute atomic E-state index is 0.000434. The van der Waals surface area contributed by atoms with Crippen molar-refractivity contribution in [3.8, 4) is 0 Å². The number of thioether (sulfide) groups is 1. The molecule has 0 aliphatic carbocycles. The first-order chi connectivity index (χ1) is 13.1. The van der Waals surface area contributed by atoms with Crippen LogP contribution in [-0.2, 0) is 24.8 Å². The summed E-state index contributed by atoms with van der Waals surface area (Å²) in [6.45, 7) is 8.64. The number of rotatable bonds is 10. The molecule has 1 aromatic rings. The molecular weight excluding hydrogens is 402 g/mol. The van der Waals surface area contributed by atoms with Gasteiger partial charge in [0.2, 0.25) is 0 Å². The zero-order valence-corrected chi connectivity index (χ0v) is 17.9. The van der Waals surface area contributed by atoms with Gasteiger partial charge in [0.05, 0.1) is 12.2 Å². The molecule has 0 unspecified atom stereocenters. The lowest BCUT2D eigenvalue weighted by atomic mass is 10.1. The van der Waals surface area contributed by atoms with E-state index in [9.17, 15) is 14.4 Å². The summed E-state index contributed by atoms with van der Waals surface area (Å²) < 4.78 is 10.1. The summed E-state index contributed by atoms with van der Waals surface area (Å²) in [5, 5.41) is 3.05. The SMILES string of the molecule is C=CCOC(=O)N[C@@H](CC(=O)OC(C)(C)C)C(=O)CSCc1ccccc1Cl. The van der Waals surface area contributed by atoms with Crippen LogP contribution >= 0.6 is 23.4 Å². The summed E-state index contributed by atoms with van der Waals surface area (Å²) in [7, 11) is 0. The molecule has 0 aliphatic rings. The highest BCUT2D eigenvalue weighted by Gasteiger charge is 2.27. The van der Waals surface area contributed by atoms with Crippen molar-refractivity contribution >= 4 is 41.2 Å². The van der Waals surface area contributed by atoms with Crippen LogP contribution in [0, 0.1) is 0 Å². The first-order valence-electron chi connectivity index (χ1n) is 8.72. The van der Waals surface area contributed by atoms with Crippen molar-refractivity contribution in [3.05, 3.63) is 47.5 Å². The van der Waals surface area contributed by atoms with Gasteiger partial charge in [-0.05, 0) is 32.4 Å². The van der Waals surface area contributed by atoms with Crippen molar-refractivity contribution in [2.24, 2.45) is 0 Å². The number of halogens is 1. The van der Waals surface area contributed by atoms with E-state index < -0.39 is 23.7 Å². The van der Waals surface area contributed by atoms with Crippen LogP contribution in [-0.4, -0.2) is 41.8 Å². The van der Waals surface area contributed by atoms with Crippen molar-refractivity contribution in [2.75, 3.05) is 12.4 Å². The van der Waals surface area contributed by atoms with Gasteiger partial charge in [-0.3, -0.25) is 9.59 Å². The van der Waals surface area contributed by atoms with E-state index in [-0.39, 0.29) is 24.6 Å². The Morgan fingerprint density at radius 1 is 1.29 bits per heavy atom. The first kappa shape index (κ1) is 24.0. The lowest BCUT2D eigenvalue weighted by Gasteiger charge is -2.22. The fourth-order valence-electron chi connectivity index (χ4n) is 2.09. The van der Waals surface area contributed by atoms with E-state index in [4.69, 9.17) is 21.1 Å². The van der Waals surface area contributed by atoms with E-state index in [1.54, 1.807) is 26.8 Å². The number of alkyl carbamates (subject to hydrolysis) is 1. The molecule has 0 spiro atoms. The number of carbonyl (C=O) groups is 3. The molecule has 0 fully saturated rings. The Morgan fingerprint density at radius 2 is 1.96 bits per heavy atom. The summed E-state index contributed by atoms with van der Waals surface area (Å²) in [6.07, 6.45) is 0.341. The third-order valence-electron chi connectivity index (χ3n) is 3.26. The summed E-state index contributed by atoms with van der Waals surface area (Å²) in [5.74, 6) is -0.254. The van der Waals surface area contributed by atoms with Crippen LogP contribution in [0.4, 0.5) is 4.79 Å². The Bertz CT molecular complexity index is 702. The molecule has 1 atom stereocenters. The van der Waals surface area contributed by atoms with Crippen LogP contribution in [0.15, 0.2) is 36.9 Å². The summed E-state index contributed by atoms with van der Waals surface area (Å²) in [5.41, 5.74) is 0.219. The van der Waals surface area contributed by atoms with Gasteiger partial charge in [0.1, 0.15) is 18.2 Å². The van der Waals surface area contributed by atoms with E-state index in [0.29, 0.717) is 10.8 Å². The molecule has 1 N–H and O–H groups in total. The maximum Gasteiger partial charge on any atom is 0.408 e. The number of benzene rings is 1. The molecule has 1 rings (SSSR count). The third-order valence-corrected chi connectivity index (χ3v) is 4.64. The minimum Gasteiger partial charge on any atom is -0.460 e. The molecule has 0 saturated carbocycles. The Labute approximate surface area is 175 Å². The van der Waals surface area contributed by atoms with E-state index >= 15 is 0 Å². The van der Waals surface area contributed by atoms with E-state index in [0.717, 1.165) is 5.56 Å². The third kappa shape index (κ3) is 9.80. The molecule has 1 aromatic carbocycles. The highest BCUT2D eigenvalue weighted by Crippen LogP contribution is 2.21. The van der Waals surface area contributed by atoms with Crippen LogP contribution in [0.2, 0.25) is 5.02 Å². The second kappa shape index (κ2) is 11.8. The van der Waals surface area contributed by atoms with Crippen molar-refractivity contribution in [2.45, 2.75) is 44.6 Å². The molecule has 154 valence electrons. The number of hydrogen-bond donors (Lipinski definition) is 1. The average Bonchev–Trinajstić information content (AvgIpc) is 2.59. The van der Waals surface area contributed by atoms with Crippen LogP contribution in [0.25, 0.3) is 0 Å². The predicted octanol–water partition coefficient (Wildman–Crippen LogP) is 4.15. The topological polar surface area (TPSA) is 81.7 Å². The number of carbonyl (C=O) groups excluding carboxylic acids is 3. The van der Waals surface area contributed by atoms with Crippen LogP contribution in [0.1, 0.15) is 32.8 Å². The molecule has 1 amide bonds. The molecule has 8 heteroatoms. The Morgan fingerprint density at radius 3 is 2.57 bits per heavy atom. The van der Waals surface area contributed by atoms with Gasteiger partial charge in [-0.15, -0.1) is 11.8 Å². The van der Waals surface area contributed by atoms with E-state index in [1.165, 1.54) is 17.8 Å². The number of amides is 1. The fourth-order valence-corrected chi connectivity index (χ4v) is 3.35. The van der Waals surface area contributed by atoms with Gasteiger partial charge in [0, 0.05) is 10.8 Å². The number of esters is 1. The lowest BCUT2D eigenvalue weighted by molar-refractivity contribution is -0.156. The summed E-state index contributed by atoms with van der Waals surface area (Å²) in [6, 6.07) is 6.32. The molecule has 6 nitrogen and oxygen atoms in total. The minimum atomic E-state index is -1.04. The van der Waals surface area contributed by atoms with Gasteiger partial charge in [0.25, 0.3) is 0 Å². The maximum atomic E-state index is 12.6. The van der Waals surface area contributed by atoms with Gasteiger partial charge in [-0.1, -0.05) is 42.5 Å². The van der Waals surface area contributed by atoms with Crippen LogP contribution in [0.3, 0.4) is 0 Å². The quantitative estimate of drug-likeness (QED) is 0.446. The standard InChI is InChI=1S/C20H26ClNO5S/c1-5-10-26-19(25)22-16(11-18(24)27-20(2,3)4)17(23)13-28-12-14-8-6-7-9-15(14)21/h5-9,16H,1,10-13H2,2-4H3,(H,22,25)/t16-/m0/s1. The van der Waals surface area contributed by atoms with E-state index in [1.807, 2.05) is 18.2 Å². The van der Waals surface area contributed by atoms with Crippen molar-refractivity contribution in [1.29, 1.82) is 0 Å². The Hall–Kier alpha value is -1.99. The van der Waals surface area contributed by atoms with Crippen molar-refractivity contribution < 1.29 is 23.9 Å². The number of Topliss-reactive ketones (excluding diaryl/α,β-unsaturated/α-hetero) is 1. The molecule has 0 radical (unpaired) electrons. The molecule has 0 bridgehead atoms. The summed E-state index contributed by atoms with van der Waals surface area (Å²) >= 11 is 7.46. The first-order valence-corrected chi connectivity index (χ1v) is 10.3. The fraction of sp³-hybridized carbons (Fsp3) is 0.450. The Kier molecular flexibility index (Phi) is 10.1. The molecule has 0 saturated heterocycles. The average molecular weight is 428 g/mol. The van der Waals surface area contributed by atoms with Crippen molar-refractivity contribution in [3.63, 3.8) is 0 Å². The number of ether oxygens (including phenoxy) is 2. The molecular formula is C20H26ClNO5S. The number of ketones is 1. The normalized spacial score (nSPS) is 12.0. The molecule has 0 aromatic heterocycles. The predicted molar refractivity (Wildman–Crippen MR) is 112 cm³/mol. The maximum absolute atomic E-state index is 12.6. The zero-order chi connectivity index (χ0) is 21.2. The van der Waals surface area contributed by atoms with Gasteiger partial charge >= 0.3 is 12.1 Å². The highest BCUT2D eigenvalue weighted by molar-refractivity contribution is 7.99. The monoisotopic (exact) mass is 427 g/mol. The number of hydrogen-bond acceptors (Lipinski definition) is 6. The van der Waals surface area contributed by atoms with Gasteiger partial charge < -0.3 is 14.8 Å². The van der Waals surface area contributed by atoms with Gasteiger partial charge in [0.15, 0.2) is 5.78 Å². The second-order valence-corrected chi connectivity index (χ2v) is 8.32. The lowest BCUT2D eigenvalue weighted by Crippen LogP contribution is -2.44.